The largest absolute Gasteiger partial charge is 0.383 e. The maximum atomic E-state index is 9.32. The zero-order valence-corrected chi connectivity index (χ0v) is 11.2. The number of benzene rings is 1. The Kier molecular flexibility index (Phi) is 3.26. The number of hydrogen-bond acceptors (Lipinski definition) is 4. The highest BCUT2D eigenvalue weighted by atomic mass is 15.1. The molecular formula is C16H16N4. The van der Waals surface area contributed by atoms with Crippen molar-refractivity contribution in [2.45, 2.75) is 12.8 Å². The van der Waals surface area contributed by atoms with E-state index in [9.17, 15) is 5.26 Å². The van der Waals surface area contributed by atoms with Crippen LogP contribution >= 0.6 is 0 Å². The molecule has 0 radical (unpaired) electrons. The van der Waals surface area contributed by atoms with Crippen molar-refractivity contribution in [2.75, 3.05) is 23.7 Å². The van der Waals surface area contributed by atoms with Crippen LogP contribution in [0.1, 0.15) is 18.4 Å². The van der Waals surface area contributed by atoms with E-state index in [1.165, 1.54) is 0 Å². The first-order valence-electron chi connectivity index (χ1n) is 6.80. The molecule has 0 aliphatic carbocycles. The molecule has 4 heteroatoms. The Hall–Kier alpha value is -2.54. The van der Waals surface area contributed by atoms with E-state index < -0.39 is 0 Å². The predicted molar refractivity (Wildman–Crippen MR) is 80.2 cm³/mol. The summed E-state index contributed by atoms with van der Waals surface area (Å²) in [5, 5.41) is 9.32. The van der Waals surface area contributed by atoms with E-state index in [1.54, 1.807) is 0 Å². The Balaban J connectivity index is 2.12. The summed E-state index contributed by atoms with van der Waals surface area (Å²) in [6, 6.07) is 14.1. The minimum Gasteiger partial charge on any atom is -0.383 e. The minimum absolute atomic E-state index is 0.316. The summed E-state index contributed by atoms with van der Waals surface area (Å²) in [7, 11) is 0. The molecule has 0 unspecified atom stereocenters. The molecule has 2 aromatic rings. The summed E-state index contributed by atoms with van der Waals surface area (Å²) in [5.41, 5.74) is 9.22. The molecule has 1 saturated heterocycles. The smallest absolute Gasteiger partial charge is 0.144 e. The molecule has 0 atom stereocenters. The zero-order valence-electron chi connectivity index (χ0n) is 11.2. The third-order valence-electron chi connectivity index (χ3n) is 3.65. The van der Waals surface area contributed by atoms with Crippen LogP contribution in [0.4, 0.5) is 11.5 Å². The second kappa shape index (κ2) is 5.22. The first-order chi connectivity index (χ1) is 9.79. The summed E-state index contributed by atoms with van der Waals surface area (Å²) in [6.07, 6.45) is 2.32. The molecule has 1 aromatic heterocycles. The molecule has 100 valence electrons. The first-order valence-corrected chi connectivity index (χ1v) is 6.80. The normalized spacial score (nSPS) is 14.2. The van der Waals surface area contributed by atoms with Crippen LogP contribution in [-0.4, -0.2) is 18.1 Å². The van der Waals surface area contributed by atoms with Gasteiger partial charge in [-0.15, -0.1) is 0 Å². The van der Waals surface area contributed by atoms with Gasteiger partial charge in [-0.25, -0.2) is 4.98 Å². The monoisotopic (exact) mass is 264 g/mol. The average molecular weight is 264 g/mol. The molecule has 2 N–H and O–H groups in total. The lowest BCUT2D eigenvalue weighted by atomic mass is 10.1. The van der Waals surface area contributed by atoms with Crippen LogP contribution < -0.4 is 10.6 Å². The minimum atomic E-state index is 0.316. The van der Waals surface area contributed by atoms with Gasteiger partial charge in [0.15, 0.2) is 0 Å². The molecule has 1 fully saturated rings. The summed E-state index contributed by atoms with van der Waals surface area (Å²) < 4.78 is 0. The van der Waals surface area contributed by atoms with Crippen molar-refractivity contribution >= 4 is 11.5 Å². The maximum Gasteiger partial charge on any atom is 0.144 e. The van der Waals surface area contributed by atoms with Gasteiger partial charge in [-0.1, -0.05) is 30.3 Å². The highest BCUT2D eigenvalue weighted by molar-refractivity contribution is 5.75. The van der Waals surface area contributed by atoms with Crippen molar-refractivity contribution in [3.05, 3.63) is 42.0 Å². The van der Waals surface area contributed by atoms with Crippen molar-refractivity contribution in [3.8, 4) is 17.3 Å². The average Bonchev–Trinajstić information content (AvgIpc) is 3.01. The van der Waals surface area contributed by atoms with Crippen LogP contribution in [-0.2, 0) is 0 Å². The number of nitrogen functional groups attached to an aromatic ring is 1. The van der Waals surface area contributed by atoms with Gasteiger partial charge in [0.05, 0.1) is 11.4 Å². The lowest BCUT2D eigenvalue weighted by Crippen LogP contribution is -2.20. The lowest BCUT2D eigenvalue weighted by Gasteiger charge is -2.20. The van der Waals surface area contributed by atoms with Crippen molar-refractivity contribution in [3.63, 3.8) is 0 Å². The molecule has 1 aliphatic rings. The number of hydrogen-bond donors (Lipinski definition) is 1. The topological polar surface area (TPSA) is 65.9 Å². The summed E-state index contributed by atoms with van der Waals surface area (Å²) in [4.78, 5) is 6.60. The molecule has 4 nitrogen and oxygen atoms in total. The Morgan fingerprint density at radius 3 is 2.50 bits per heavy atom. The lowest BCUT2D eigenvalue weighted by molar-refractivity contribution is 0.949. The second-order valence-corrected chi connectivity index (χ2v) is 4.96. The molecule has 0 spiro atoms. The maximum absolute atomic E-state index is 9.32. The summed E-state index contributed by atoms with van der Waals surface area (Å²) in [5.74, 6) is 0.316. The number of nitrogens with two attached hydrogens (primary N) is 1. The molecule has 0 amide bonds. The van der Waals surface area contributed by atoms with Crippen molar-refractivity contribution in [2.24, 2.45) is 0 Å². The highest BCUT2D eigenvalue weighted by Gasteiger charge is 2.19. The van der Waals surface area contributed by atoms with E-state index in [4.69, 9.17) is 5.73 Å². The van der Waals surface area contributed by atoms with Gasteiger partial charge in [0.25, 0.3) is 0 Å². The number of rotatable bonds is 2. The molecule has 1 aliphatic heterocycles. The van der Waals surface area contributed by atoms with Crippen LogP contribution in [0, 0.1) is 11.3 Å². The fraction of sp³-hybridized carbons (Fsp3) is 0.250. The molecular weight excluding hydrogens is 248 g/mol. The number of pyridine rings is 1. The van der Waals surface area contributed by atoms with Gasteiger partial charge >= 0.3 is 0 Å². The summed E-state index contributed by atoms with van der Waals surface area (Å²) >= 11 is 0. The molecule has 3 rings (SSSR count). The summed E-state index contributed by atoms with van der Waals surface area (Å²) in [6.45, 7) is 1.96. The van der Waals surface area contributed by atoms with Gasteiger partial charge in [0.1, 0.15) is 17.5 Å². The fourth-order valence-corrected chi connectivity index (χ4v) is 2.63. The van der Waals surface area contributed by atoms with Crippen LogP contribution in [0.5, 0.6) is 0 Å². The van der Waals surface area contributed by atoms with E-state index in [2.05, 4.69) is 16.0 Å². The third-order valence-corrected chi connectivity index (χ3v) is 3.65. The Morgan fingerprint density at radius 1 is 1.15 bits per heavy atom. The predicted octanol–water partition coefficient (Wildman–Crippen LogP) is 2.80. The number of nitriles is 1. The van der Waals surface area contributed by atoms with Gasteiger partial charge in [0.2, 0.25) is 0 Å². The van der Waals surface area contributed by atoms with Gasteiger partial charge < -0.3 is 10.6 Å². The Morgan fingerprint density at radius 2 is 1.85 bits per heavy atom. The third kappa shape index (κ3) is 2.19. The highest BCUT2D eigenvalue weighted by Crippen LogP contribution is 2.31. The van der Waals surface area contributed by atoms with Crippen molar-refractivity contribution in [1.29, 1.82) is 5.26 Å². The number of nitrogens with zero attached hydrogens (tertiary/aromatic N) is 3. The Labute approximate surface area is 118 Å². The number of aromatic nitrogens is 1. The van der Waals surface area contributed by atoms with Gasteiger partial charge in [-0.05, 0) is 18.9 Å². The van der Waals surface area contributed by atoms with Gasteiger partial charge in [0, 0.05) is 18.7 Å². The van der Waals surface area contributed by atoms with Crippen molar-refractivity contribution in [1.82, 2.24) is 4.98 Å². The molecule has 2 heterocycles. The van der Waals surface area contributed by atoms with E-state index in [0.29, 0.717) is 11.4 Å². The van der Waals surface area contributed by atoms with Crippen molar-refractivity contribution < 1.29 is 0 Å². The quantitative estimate of drug-likeness (QED) is 0.905. The standard InChI is InChI=1S/C16H16N4/c17-11-13-15(20-8-4-5-9-20)10-14(19-16(13)18)12-6-2-1-3-7-12/h1-3,6-7,10H,4-5,8-9H2,(H2,18,19). The van der Waals surface area contributed by atoms with E-state index >= 15 is 0 Å². The van der Waals surface area contributed by atoms with Crippen LogP contribution in [0.2, 0.25) is 0 Å². The zero-order chi connectivity index (χ0) is 13.9. The number of anilines is 2. The molecule has 1 aromatic carbocycles. The fourth-order valence-electron chi connectivity index (χ4n) is 2.63. The van der Waals surface area contributed by atoms with E-state index in [-0.39, 0.29) is 0 Å². The van der Waals surface area contributed by atoms with Crippen LogP contribution in [0.15, 0.2) is 36.4 Å². The van der Waals surface area contributed by atoms with E-state index in [1.807, 2.05) is 36.4 Å². The van der Waals surface area contributed by atoms with E-state index in [0.717, 1.165) is 42.9 Å². The molecule has 0 saturated carbocycles. The van der Waals surface area contributed by atoms with Gasteiger partial charge in [-0.2, -0.15) is 5.26 Å². The van der Waals surface area contributed by atoms with Gasteiger partial charge in [-0.3, -0.25) is 0 Å². The second-order valence-electron chi connectivity index (χ2n) is 4.96. The molecule has 0 bridgehead atoms. The first kappa shape index (κ1) is 12.5. The van der Waals surface area contributed by atoms with Crippen LogP contribution in [0.25, 0.3) is 11.3 Å². The Bertz CT molecular complexity index is 652. The SMILES string of the molecule is N#Cc1c(N2CCCC2)cc(-c2ccccc2)nc1N. The molecule has 20 heavy (non-hydrogen) atoms. The van der Waals surface area contributed by atoms with Crippen LogP contribution in [0.3, 0.4) is 0 Å².